The molecule has 5 rings (SSSR count). The van der Waals surface area contributed by atoms with E-state index in [0.717, 1.165) is 21.7 Å². The van der Waals surface area contributed by atoms with Gasteiger partial charge >= 0.3 is 12.1 Å². The summed E-state index contributed by atoms with van der Waals surface area (Å²) < 4.78 is 18.0. The fourth-order valence-electron chi connectivity index (χ4n) is 5.94. The quantitative estimate of drug-likeness (QED) is 0.269. The lowest BCUT2D eigenvalue weighted by Gasteiger charge is -2.29. The first-order chi connectivity index (χ1) is 21.6. The molecule has 11 nitrogen and oxygen atoms in total. The van der Waals surface area contributed by atoms with Crippen molar-refractivity contribution in [2.75, 3.05) is 13.7 Å². The Bertz CT molecular complexity index is 1700. The molecule has 0 radical (unpaired) electrons. The molecular formula is C34H42N4O7S. The number of rotatable bonds is 9. The Balaban J connectivity index is 1.54. The highest BCUT2D eigenvalue weighted by molar-refractivity contribution is 7.13. The number of aromatic nitrogens is 2. The van der Waals surface area contributed by atoms with Crippen LogP contribution in [0.3, 0.4) is 0 Å². The second kappa shape index (κ2) is 12.2. The van der Waals surface area contributed by atoms with E-state index in [2.05, 4.69) is 25.7 Å². The van der Waals surface area contributed by atoms with Gasteiger partial charge in [0.1, 0.15) is 45.5 Å². The fourth-order valence-corrected chi connectivity index (χ4v) is 6.88. The highest BCUT2D eigenvalue weighted by Gasteiger charge is 2.62. The summed E-state index contributed by atoms with van der Waals surface area (Å²) in [7, 11) is 1.61. The number of carbonyl (C=O) groups excluding carboxylic acids is 2. The van der Waals surface area contributed by atoms with E-state index in [1.165, 1.54) is 22.3 Å². The van der Waals surface area contributed by atoms with E-state index in [4.69, 9.17) is 24.2 Å². The van der Waals surface area contributed by atoms with Crippen LogP contribution in [0.4, 0.5) is 4.79 Å². The van der Waals surface area contributed by atoms with Crippen LogP contribution in [0, 0.1) is 18.8 Å². The van der Waals surface area contributed by atoms with Crippen molar-refractivity contribution in [3.8, 4) is 22.2 Å². The lowest BCUT2D eigenvalue weighted by Crippen LogP contribution is -2.55. The van der Waals surface area contributed by atoms with Crippen molar-refractivity contribution in [2.45, 2.75) is 84.1 Å². The van der Waals surface area contributed by atoms with Crippen LogP contribution in [0.1, 0.15) is 65.1 Å². The summed E-state index contributed by atoms with van der Waals surface area (Å²) in [4.78, 5) is 50.6. The number of thiazole rings is 1. The van der Waals surface area contributed by atoms with Gasteiger partial charge in [0.2, 0.25) is 5.91 Å². The normalized spacial score (nSPS) is 24.2. The summed E-state index contributed by atoms with van der Waals surface area (Å²) in [5, 5.41) is 16.2. The molecule has 1 saturated carbocycles. The van der Waals surface area contributed by atoms with Crippen molar-refractivity contribution in [1.82, 2.24) is 20.2 Å². The SMILES string of the molecule is C=C[C@@H]1C[C@]1(NC(=O)[C@@H]1[C@H](C)[C@@H](Oc2cc(-c3nc(C(C)C)cs3)nc3c(C)c(OC)ccc23)CN1C(=O)OC(C)(C)C)C(=O)O. The molecule has 1 aliphatic heterocycles. The number of likely N-dealkylation sites (tertiary alicyclic amines) is 1. The predicted molar refractivity (Wildman–Crippen MR) is 175 cm³/mol. The Morgan fingerprint density at radius 1 is 1.22 bits per heavy atom. The number of carboxylic acid groups (broad SMARTS) is 1. The lowest BCUT2D eigenvalue weighted by molar-refractivity contribution is -0.144. The summed E-state index contributed by atoms with van der Waals surface area (Å²) in [5.41, 5.74) is 0.845. The number of hydrogen-bond donors (Lipinski definition) is 2. The molecule has 3 aromatic rings. The van der Waals surface area contributed by atoms with E-state index in [1.54, 1.807) is 27.9 Å². The highest BCUT2D eigenvalue weighted by atomic mass is 32.1. The van der Waals surface area contributed by atoms with Crippen LogP contribution in [-0.2, 0) is 14.3 Å². The number of carbonyl (C=O) groups is 3. The number of nitrogens with zero attached hydrogens (tertiary/aromatic N) is 3. The summed E-state index contributed by atoms with van der Waals surface area (Å²) in [6, 6.07) is 4.53. The molecule has 5 atom stereocenters. The van der Waals surface area contributed by atoms with Gasteiger partial charge in [-0.25, -0.2) is 19.6 Å². The first-order valence-electron chi connectivity index (χ1n) is 15.4. The van der Waals surface area contributed by atoms with Gasteiger partial charge in [0.05, 0.1) is 24.9 Å². The molecule has 1 aromatic carbocycles. The lowest BCUT2D eigenvalue weighted by atomic mass is 9.98. The zero-order valence-corrected chi connectivity index (χ0v) is 28.4. The molecule has 2 amide bonds. The summed E-state index contributed by atoms with van der Waals surface area (Å²) >= 11 is 1.50. The van der Waals surface area contributed by atoms with Gasteiger partial charge in [0.25, 0.3) is 0 Å². The minimum absolute atomic E-state index is 0.0438. The van der Waals surface area contributed by atoms with Crippen LogP contribution >= 0.6 is 11.3 Å². The third kappa shape index (κ3) is 6.14. The van der Waals surface area contributed by atoms with E-state index in [1.807, 2.05) is 37.4 Å². The van der Waals surface area contributed by atoms with Gasteiger partial charge in [-0.3, -0.25) is 9.69 Å². The van der Waals surface area contributed by atoms with Gasteiger partial charge < -0.3 is 24.6 Å². The van der Waals surface area contributed by atoms with Crippen LogP contribution in [0.15, 0.2) is 36.2 Å². The number of ether oxygens (including phenoxy) is 3. The van der Waals surface area contributed by atoms with E-state index >= 15 is 0 Å². The number of aryl methyl sites for hydroxylation is 1. The van der Waals surface area contributed by atoms with Gasteiger partial charge in [-0.15, -0.1) is 17.9 Å². The molecular weight excluding hydrogens is 608 g/mol. The summed E-state index contributed by atoms with van der Waals surface area (Å²) in [6.45, 7) is 16.9. The highest BCUT2D eigenvalue weighted by Crippen LogP contribution is 2.45. The third-order valence-corrected chi connectivity index (χ3v) is 9.58. The number of nitrogens with one attached hydrogen (secondary N) is 1. The first-order valence-corrected chi connectivity index (χ1v) is 16.3. The Morgan fingerprint density at radius 3 is 2.50 bits per heavy atom. The average Bonchev–Trinajstić information content (AvgIpc) is 3.30. The summed E-state index contributed by atoms with van der Waals surface area (Å²) in [5.74, 6) is -1.21. The molecule has 2 N–H and O–H groups in total. The second-order valence-electron chi connectivity index (χ2n) is 13.4. The van der Waals surface area contributed by atoms with E-state index < -0.39 is 53.1 Å². The van der Waals surface area contributed by atoms with Crippen molar-refractivity contribution in [3.05, 3.63) is 47.5 Å². The van der Waals surface area contributed by atoms with Crippen LogP contribution in [-0.4, -0.2) is 74.9 Å². The van der Waals surface area contributed by atoms with Crippen molar-refractivity contribution in [2.24, 2.45) is 11.8 Å². The van der Waals surface area contributed by atoms with Gasteiger partial charge in [-0.05, 0) is 52.2 Å². The molecule has 0 unspecified atom stereocenters. The largest absolute Gasteiger partial charge is 0.496 e. The van der Waals surface area contributed by atoms with Crippen LogP contribution < -0.4 is 14.8 Å². The molecule has 1 aliphatic carbocycles. The number of carboxylic acids is 1. The molecule has 246 valence electrons. The molecule has 46 heavy (non-hydrogen) atoms. The number of benzene rings is 1. The molecule has 0 bridgehead atoms. The van der Waals surface area contributed by atoms with Gasteiger partial charge in [-0.2, -0.15) is 0 Å². The number of fused-ring (bicyclic) bond motifs is 1. The molecule has 12 heteroatoms. The van der Waals surface area contributed by atoms with E-state index in [-0.39, 0.29) is 18.9 Å². The molecule has 2 aromatic heterocycles. The first kappa shape index (κ1) is 33.2. The Morgan fingerprint density at radius 2 is 1.93 bits per heavy atom. The molecule has 2 fully saturated rings. The van der Waals surface area contributed by atoms with Gasteiger partial charge in [-0.1, -0.05) is 26.8 Å². The van der Waals surface area contributed by atoms with E-state index in [0.29, 0.717) is 22.7 Å². The Hall–Kier alpha value is -4.19. The van der Waals surface area contributed by atoms with Crippen molar-refractivity contribution >= 4 is 40.2 Å². The van der Waals surface area contributed by atoms with Gasteiger partial charge in [0, 0.05) is 34.2 Å². The van der Waals surface area contributed by atoms with Crippen molar-refractivity contribution < 1.29 is 33.7 Å². The summed E-state index contributed by atoms with van der Waals surface area (Å²) in [6.07, 6.45) is 0.437. The Kier molecular flexibility index (Phi) is 8.80. The maximum atomic E-state index is 13.8. The van der Waals surface area contributed by atoms with Crippen LogP contribution in [0.2, 0.25) is 0 Å². The minimum Gasteiger partial charge on any atom is -0.496 e. The number of amides is 2. The number of methoxy groups -OCH3 is 1. The molecule has 3 heterocycles. The smallest absolute Gasteiger partial charge is 0.411 e. The Labute approximate surface area is 273 Å². The van der Waals surface area contributed by atoms with Crippen LogP contribution in [0.25, 0.3) is 21.6 Å². The number of pyridine rings is 1. The topological polar surface area (TPSA) is 140 Å². The maximum absolute atomic E-state index is 13.8. The average molecular weight is 651 g/mol. The molecule has 1 saturated heterocycles. The van der Waals surface area contributed by atoms with Crippen LogP contribution in [0.5, 0.6) is 11.5 Å². The number of hydrogen-bond acceptors (Lipinski definition) is 9. The predicted octanol–water partition coefficient (Wildman–Crippen LogP) is 5.95. The monoisotopic (exact) mass is 650 g/mol. The van der Waals surface area contributed by atoms with Gasteiger partial charge in [0.15, 0.2) is 0 Å². The standard InChI is InChI=1S/C34H42N4O7S/c1-10-20-14-34(20,31(40)41)37-29(39)28-19(5)26(15-38(28)32(42)45-33(6,7)8)44-25-13-22(30-36-23(16-46-30)17(2)3)35-27-18(4)24(43-9)12-11-21(25)27/h10-13,16-17,19-20,26,28H,1,14-15H2,2-9H3,(H,37,39)(H,40,41)/t19-,20-,26+,28+,34-/m1/s1. The zero-order valence-electron chi connectivity index (χ0n) is 27.5. The maximum Gasteiger partial charge on any atom is 0.411 e. The minimum atomic E-state index is -1.45. The van der Waals surface area contributed by atoms with Crippen molar-refractivity contribution in [1.29, 1.82) is 0 Å². The molecule has 0 spiro atoms. The third-order valence-electron chi connectivity index (χ3n) is 8.70. The zero-order chi connectivity index (χ0) is 33.7. The van der Waals surface area contributed by atoms with E-state index in [9.17, 15) is 19.5 Å². The number of aliphatic carboxylic acids is 1. The van der Waals surface area contributed by atoms with Crippen molar-refractivity contribution in [3.63, 3.8) is 0 Å². The molecule has 2 aliphatic rings. The second-order valence-corrected chi connectivity index (χ2v) is 14.3. The fraction of sp³-hybridized carbons (Fsp3) is 0.500.